The molecule has 2 atom stereocenters. The Bertz CT molecular complexity index is 531. The summed E-state index contributed by atoms with van der Waals surface area (Å²) in [4.78, 5) is 26.5. The number of morpholine rings is 1. The monoisotopic (exact) mass is 411 g/mol. The largest absolute Gasteiger partial charge is 0.411 e. The lowest BCUT2D eigenvalue weighted by Crippen LogP contribution is -2.60. The maximum atomic E-state index is 12.5. The molecule has 2 unspecified atom stereocenters. The zero-order valence-corrected chi connectivity index (χ0v) is 16.1. The van der Waals surface area contributed by atoms with E-state index in [0.29, 0.717) is 32.6 Å². The highest BCUT2D eigenvalue weighted by molar-refractivity contribution is 5.81. The molecule has 2 N–H and O–H groups in total. The summed E-state index contributed by atoms with van der Waals surface area (Å²) >= 11 is 0. The van der Waals surface area contributed by atoms with Crippen LogP contribution in [0.3, 0.4) is 0 Å². The molecule has 2 amide bonds. The highest BCUT2D eigenvalue weighted by Crippen LogP contribution is 2.21. The first-order chi connectivity index (χ1) is 13.1. The lowest BCUT2D eigenvalue weighted by atomic mass is 9.89. The van der Waals surface area contributed by atoms with Crippen LogP contribution < -0.4 is 10.6 Å². The Morgan fingerprint density at radius 3 is 2.54 bits per heavy atom. The minimum Gasteiger partial charge on any atom is -0.381 e. The summed E-state index contributed by atoms with van der Waals surface area (Å²) in [5.74, 6) is -0.950. The van der Waals surface area contributed by atoms with Gasteiger partial charge in [0.1, 0.15) is 19.3 Å². The average Bonchev–Trinajstić information content (AvgIpc) is 2.58. The van der Waals surface area contributed by atoms with Crippen LogP contribution in [0.1, 0.15) is 19.8 Å². The topological polar surface area (TPSA) is 89.1 Å². The van der Waals surface area contributed by atoms with Gasteiger partial charge in [-0.3, -0.25) is 9.59 Å². The number of carbonyl (C=O) groups excluding carboxylic acids is 2. The lowest BCUT2D eigenvalue weighted by Gasteiger charge is -2.39. The lowest BCUT2D eigenvalue weighted by molar-refractivity contribution is -0.176. The van der Waals surface area contributed by atoms with E-state index in [9.17, 15) is 22.8 Å². The molecule has 28 heavy (non-hydrogen) atoms. The fraction of sp³-hybridized carbons (Fsp3) is 0.882. The summed E-state index contributed by atoms with van der Waals surface area (Å²) in [6.07, 6.45) is -4.32. The van der Waals surface area contributed by atoms with Crippen molar-refractivity contribution in [2.75, 3.05) is 53.1 Å². The molecule has 0 aliphatic carbocycles. The van der Waals surface area contributed by atoms with Crippen LogP contribution in [0.5, 0.6) is 0 Å². The van der Waals surface area contributed by atoms with Gasteiger partial charge in [0.15, 0.2) is 0 Å². The first kappa shape index (κ1) is 22.9. The Labute approximate surface area is 162 Å². The van der Waals surface area contributed by atoms with Gasteiger partial charge in [0, 0.05) is 32.8 Å². The van der Waals surface area contributed by atoms with E-state index in [0.717, 1.165) is 6.54 Å². The molecule has 0 spiro atoms. The molecule has 0 saturated carbocycles. The molecular weight excluding hydrogens is 383 g/mol. The minimum atomic E-state index is -4.49. The third kappa shape index (κ3) is 7.53. The summed E-state index contributed by atoms with van der Waals surface area (Å²) in [6, 6.07) is 0. The molecule has 2 aliphatic rings. The quantitative estimate of drug-likeness (QED) is 0.616. The van der Waals surface area contributed by atoms with Crippen LogP contribution in [0.2, 0.25) is 0 Å². The van der Waals surface area contributed by atoms with Crippen molar-refractivity contribution < 1.29 is 37.0 Å². The van der Waals surface area contributed by atoms with E-state index in [-0.39, 0.29) is 18.6 Å². The molecule has 162 valence electrons. The fourth-order valence-corrected chi connectivity index (χ4v) is 3.38. The number of nitrogens with zero attached hydrogens (tertiary/aromatic N) is 1. The number of rotatable bonds is 7. The molecule has 11 heteroatoms. The van der Waals surface area contributed by atoms with Crippen molar-refractivity contribution in [2.24, 2.45) is 0 Å². The van der Waals surface area contributed by atoms with Crippen LogP contribution in [0.15, 0.2) is 0 Å². The van der Waals surface area contributed by atoms with Gasteiger partial charge < -0.3 is 29.7 Å². The molecule has 0 radical (unpaired) electrons. The Morgan fingerprint density at radius 1 is 1.25 bits per heavy atom. The zero-order valence-electron chi connectivity index (χ0n) is 16.1. The van der Waals surface area contributed by atoms with Crippen LogP contribution in [0.4, 0.5) is 13.2 Å². The molecule has 0 aromatic rings. The van der Waals surface area contributed by atoms with E-state index in [1.807, 2.05) is 18.9 Å². The number of likely N-dealkylation sites (N-methyl/N-ethyl adjacent to an activating group) is 1. The first-order valence-corrected chi connectivity index (χ1v) is 9.23. The predicted octanol–water partition coefficient (Wildman–Crippen LogP) is 0.0660. The number of nitrogens with one attached hydrogen (secondary N) is 2. The van der Waals surface area contributed by atoms with Gasteiger partial charge >= 0.3 is 6.18 Å². The van der Waals surface area contributed by atoms with Crippen molar-refractivity contribution in [1.29, 1.82) is 0 Å². The number of halogens is 3. The van der Waals surface area contributed by atoms with Gasteiger partial charge in [0.25, 0.3) is 5.91 Å². The standard InChI is InChI=1S/C17H28F3N3O5/c1-12-7-23(2)8-13(28-12)15(25)21-10-16(3-5-26-6-4-16)22-14(24)9-27-11-17(18,19)20/h12-13H,3-11H2,1-2H3,(H,21,25)(H,22,24). The molecule has 2 saturated heterocycles. The SMILES string of the molecule is CC1CN(C)CC(C(=O)NCC2(NC(=O)COCC(F)(F)F)CCOCC2)O1. The van der Waals surface area contributed by atoms with Crippen LogP contribution in [-0.2, 0) is 23.8 Å². The van der Waals surface area contributed by atoms with Crippen molar-refractivity contribution >= 4 is 11.8 Å². The van der Waals surface area contributed by atoms with E-state index in [1.165, 1.54) is 0 Å². The van der Waals surface area contributed by atoms with E-state index < -0.39 is 36.9 Å². The van der Waals surface area contributed by atoms with Crippen LogP contribution >= 0.6 is 0 Å². The van der Waals surface area contributed by atoms with Gasteiger partial charge in [-0.25, -0.2) is 0 Å². The van der Waals surface area contributed by atoms with Crippen LogP contribution in [0.25, 0.3) is 0 Å². The second-order valence-electron chi connectivity index (χ2n) is 7.42. The Hall–Kier alpha value is -1.43. The third-order valence-electron chi connectivity index (χ3n) is 4.69. The first-order valence-electron chi connectivity index (χ1n) is 9.23. The van der Waals surface area contributed by atoms with Gasteiger partial charge in [-0.05, 0) is 26.8 Å². The maximum Gasteiger partial charge on any atom is 0.411 e. The molecule has 2 fully saturated rings. The predicted molar refractivity (Wildman–Crippen MR) is 92.6 cm³/mol. The number of carbonyl (C=O) groups is 2. The average molecular weight is 411 g/mol. The van der Waals surface area contributed by atoms with Crippen molar-refractivity contribution in [3.63, 3.8) is 0 Å². The molecule has 0 aromatic carbocycles. The van der Waals surface area contributed by atoms with Crippen molar-refractivity contribution in [1.82, 2.24) is 15.5 Å². The molecule has 2 rings (SSSR count). The maximum absolute atomic E-state index is 12.5. The second kappa shape index (κ2) is 9.86. The van der Waals surface area contributed by atoms with E-state index in [1.54, 1.807) is 0 Å². The molecule has 2 aliphatic heterocycles. The molecule has 0 aromatic heterocycles. The van der Waals surface area contributed by atoms with E-state index in [2.05, 4.69) is 15.4 Å². The minimum absolute atomic E-state index is 0.0722. The number of ether oxygens (including phenoxy) is 3. The third-order valence-corrected chi connectivity index (χ3v) is 4.69. The highest BCUT2D eigenvalue weighted by atomic mass is 19.4. The van der Waals surface area contributed by atoms with Gasteiger partial charge in [-0.2, -0.15) is 13.2 Å². The number of hydrogen-bond acceptors (Lipinski definition) is 6. The Balaban J connectivity index is 1.87. The Morgan fingerprint density at radius 2 is 1.93 bits per heavy atom. The van der Waals surface area contributed by atoms with Crippen LogP contribution in [0, 0.1) is 0 Å². The van der Waals surface area contributed by atoms with E-state index >= 15 is 0 Å². The molecule has 0 bridgehead atoms. The van der Waals surface area contributed by atoms with Gasteiger partial charge in [0.2, 0.25) is 5.91 Å². The molecule has 2 heterocycles. The summed E-state index contributed by atoms with van der Waals surface area (Å²) < 4.78 is 51.8. The summed E-state index contributed by atoms with van der Waals surface area (Å²) in [5.41, 5.74) is -0.793. The highest BCUT2D eigenvalue weighted by Gasteiger charge is 2.37. The number of alkyl halides is 3. The smallest absolute Gasteiger partial charge is 0.381 e. The summed E-state index contributed by atoms with van der Waals surface area (Å²) in [7, 11) is 1.90. The number of hydrogen-bond donors (Lipinski definition) is 2. The molecule has 8 nitrogen and oxygen atoms in total. The van der Waals surface area contributed by atoms with Gasteiger partial charge in [-0.1, -0.05) is 0 Å². The van der Waals surface area contributed by atoms with Crippen molar-refractivity contribution in [3.05, 3.63) is 0 Å². The summed E-state index contributed by atoms with van der Waals surface area (Å²) in [6.45, 7) is 1.78. The second-order valence-corrected chi connectivity index (χ2v) is 7.42. The van der Waals surface area contributed by atoms with Gasteiger partial charge in [0.05, 0.1) is 11.6 Å². The molecular formula is C17H28F3N3O5. The Kier molecular flexibility index (Phi) is 8.05. The van der Waals surface area contributed by atoms with Crippen LogP contribution in [-0.4, -0.2) is 93.7 Å². The normalized spacial score (nSPS) is 25.9. The van der Waals surface area contributed by atoms with E-state index in [4.69, 9.17) is 9.47 Å². The number of amides is 2. The summed E-state index contributed by atoms with van der Waals surface area (Å²) in [5, 5.41) is 5.53. The van der Waals surface area contributed by atoms with Crippen molar-refractivity contribution in [2.45, 2.75) is 43.7 Å². The fourth-order valence-electron chi connectivity index (χ4n) is 3.38. The zero-order chi connectivity index (χ0) is 20.8. The van der Waals surface area contributed by atoms with Crippen molar-refractivity contribution in [3.8, 4) is 0 Å². The van der Waals surface area contributed by atoms with Gasteiger partial charge in [-0.15, -0.1) is 0 Å².